The number of hydrogen-bond acceptors (Lipinski definition) is 3. The normalized spacial score (nSPS) is 15.4. The summed E-state index contributed by atoms with van der Waals surface area (Å²) in [5.74, 6) is 0.00610. The Morgan fingerprint density at radius 1 is 1.11 bits per heavy atom. The molecule has 0 radical (unpaired) electrons. The summed E-state index contributed by atoms with van der Waals surface area (Å²) in [6.07, 6.45) is 3.47. The Morgan fingerprint density at radius 2 is 1.85 bits per heavy atom. The molecule has 2 aromatic rings. The lowest BCUT2D eigenvalue weighted by Crippen LogP contribution is -2.30. The Hall–Kier alpha value is -1.75. The van der Waals surface area contributed by atoms with Crippen molar-refractivity contribution in [1.82, 2.24) is 10.6 Å². The largest absolute Gasteiger partial charge is 0.378 e. The summed E-state index contributed by atoms with van der Waals surface area (Å²) in [7, 11) is 4.07. The van der Waals surface area contributed by atoms with E-state index < -0.39 is 0 Å². The third-order valence-corrected chi connectivity index (χ3v) is 4.78. The van der Waals surface area contributed by atoms with Crippen molar-refractivity contribution in [3.63, 3.8) is 0 Å². The Balaban J connectivity index is 0.00000182. The maximum Gasteiger partial charge on any atom is 0.251 e. The molecule has 148 valence electrons. The van der Waals surface area contributed by atoms with Crippen LogP contribution < -0.4 is 15.5 Å². The van der Waals surface area contributed by atoms with E-state index in [1.165, 1.54) is 18.5 Å². The van der Waals surface area contributed by atoms with Crippen LogP contribution in [0.15, 0.2) is 48.5 Å². The minimum Gasteiger partial charge on any atom is -0.378 e. The number of anilines is 1. The summed E-state index contributed by atoms with van der Waals surface area (Å²) in [5.41, 5.74) is 4.16. The van der Waals surface area contributed by atoms with Crippen LogP contribution in [0.3, 0.4) is 0 Å². The number of carbonyl (C=O) groups excluding carboxylic acids is 1. The highest BCUT2D eigenvalue weighted by Crippen LogP contribution is 2.24. The number of amides is 1. The molecule has 4 nitrogen and oxygen atoms in total. The second-order valence-electron chi connectivity index (χ2n) is 6.86. The Bertz CT molecular complexity index is 714. The summed E-state index contributed by atoms with van der Waals surface area (Å²) in [5, 5.41) is 6.48. The van der Waals surface area contributed by atoms with Gasteiger partial charge in [0.05, 0.1) is 0 Å². The van der Waals surface area contributed by atoms with Crippen LogP contribution in [0.5, 0.6) is 0 Å². The molecule has 1 atom stereocenters. The average molecular weight is 410 g/mol. The SMILES string of the molecule is CN(C)c1cccc(-c2ccc(C(=O)NCC[C@H]3CCCN3)cc2)c1.Cl.Cl. The van der Waals surface area contributed by atoms with Crippen molar-refractivity contribution in [3.8, 4) is 11.1 Å². The fraction of sp³-hybridized carbons (Fsp3) is 0.381. The predicted molar refractivity (Wildman–Crippen MR) is 119 cm³/mol. The molecule has 1 saturated heterocycles. The van der Waals surface area contributed by atoms with Gasteiger partial charge >= 0.3 is 0 Å². The van der Waals surface area contributed by atoms with Crippen molar-refractivity contribution >= 4 is 36.4 Å². The molecule has 0 saturated carbocycles. The molecule has 2 aromatic carbocycles. The van der Waals surface area contributed by atoms with E-state index in [0.717, 1.165) is 30.6 Å². The van der Waals surface area contributed by atoms with Crippen LogP contribution in [0, 0.1) is 0 Å². The molecule has 1 fully saturated rings. The van der Waals surface area contributed by atoms with E-state index in [9.17, 15) is 4.79 Å². The smallest absolute Gasteiger partial charge is 0.251 e. The van der Waals surface area contributed by atoms with Crippen LogP contribution >= 0.6 is 24.8 Å². The minimum absolute atomic E-state index is 0. The molecule has 0 bridgehead atoms. The number of benzene rings is 2. The zero-order valence-corrected chi connectivity index (χ0v) is 17.5. The van der Waals surface area contributed by atoms with Crippen LogP contribution in [0.25, 0.3) is 11.1 Å². The van der Waals surface area contributed by atoms with Crippen molar-refractivity contribution < 1.29 is 4.79 Å². The predicted octanol–water partition coefficient (Wildman–Crippen LogP) is 4.14. The first-order valence-corrected chi connectivity index (χ1v) is 9.03. The summed E-state index contributed by atoms with van der Waals surface area (Å²) < 4.78 is 0. The van der Waals surface area contributed by atoms with Crippen LogP contribution in [0.4, 0.5) is 5.69 Å². The molecule has 1 aliphatic rings. The third-order valence-electron chi connectivity index (χ3n) is 4.78. The number of nitrogens with zero attached hydrogens (tertiary/aromatic N) is 1. The van der Waals surface area contributed by atoms with Gasteiger partial charge in [-0.3, -0.25) is 4.79 Å². The zero-order chi connectivity index (χ0) is 17.6. The highest BCUT2D eigenvalue weighted by atomic mass is 35.5. The van der Waals surface area contributed by atoms with Gasteiger partial charge in [-0.2, -0.15) is 0 Å². The van der Waals surface area contributed by atoms with E-state index in [2.05, 4.69) is 39.8 Å². The number of rotatable bonds is 6. The van der Waals surface area contributed by atoms with E-state index in [0.29, 0.717) is 11.6 Å². The summed E-state index contributed by atoms with van der Waals surface area (Å²) in [4.78, 5) is 14.4. The van der Waals surface area contributed by atoms with E-state index in [1.54, 1.807) is 0 Å². The lowest BCUT2D eigenvalue weighted by molar-refractivity contribution is 0.0952. The Labute approximate surface area is 174 Å². The average Bonchev–Trinajstić information content (AvgIpc) is 3.15. The second-order valence-corrected chi connectivity index (χ2v) is 6.86. The number of hydrogen-bond donors (Lipinski definition) is 2. The number of nitrogens with one attached hydrogen (secondary N) is 2. The molecule has 0 unspecified atom stereocenters. The van der Waals surface area contributed by atoms with Crippen molar-refractivity contribution in [2.24, 2.45) is 0 Å². The van der Waals surface area contributed by atoms with Crippen molar-refractivity contribution in [2.45, 2.75) is 25.3 Å². The van der Waals surface area contributed by atoms with Crippen LogP contribution in [0.2, 0.25) is 0 Å². The summed E-state index contributed by atoms with van der Waals surface area (Å²) in [6.45, 7) is 1.83. The fourth-order valence-electron chi connectivity index (χ4n) is 3.24. The van der Waals surface area contributed by atoms with Gasteiger partial charge in [-0.05, 0) is 61.2 Å². The number of halogens is 2. The number of carbonyl (C=O) groups is 1. The monoisotopic (exact) mass is 409 g/mol. The van der Waals surface area contributed by atoms with E-state index in [-0.39, 0.29) is 30.7 Å². The lowest BCUT2D eigenvalue weighted by Gasteiger charge is -2.14. The molecule has 0 aliphatic carbocycles. The maximum absolute atomic E-state index is 12.3. The van der Waals surface area contributed by atoms with E-state index in [1.807, 2.05) is 38.4 Å². The molecule has 6 heteroatoms. The summed E-state index contributed by atoms with van der Waals surface area (Å²) in [6, 6.07) is 16.8. The highest BCUT2D eigenvalue weighted by molar-refractivity contribution is 5.94. The Kier molecular flexibility index (Phi) is 9.64. The molecule has 3 rings (SSSR count). The van der Waals surface area contributed by atoms with Crippen LogP contribution in [-0.4, -0.2) is 39.1 Å². The molecule has 0 aromatic heterocycles. The van der Waals surface area contributed by atoms with Gasteiger partial charge in [0.25, 0.3) is 5.91 Å². The fourth-order valence-corrected chi connectivity index (χ4v) is 3.24. The van der Waals surface area contributed by atoms with Crippen LogP contribution in [0.1, 0.15) is 29.6 Å². The molecular weight excluding hydrogens is 381 g/mol. The molecule has 27 heavy (non-hydrogen) atoms. The highest BCUT2D eigenvalue weighted by Gasteiger charge is 2.14. The zero-order valence-electron chi connectivity index (χ0n) is 15.9. The van der Waals surface area contributed by atoms with Gasteiger partial charge in [0.15, 0.2) is 0 Å². The standard InChI is InChI=1S/C21H27N3O.2ClH/c1-24(2)20-7-3-5-18(15-20)16-8-10-17(11-9-16)21(25)23-14-12-19-6-4-13-22-19;;/h3,5,7-11,15,19,22H,4,6,12-14H2,1-2H3,(H,23,25);2*1H/t19-;;/m1../s1. The van der Waals surface area contributed by atoms with E-state index >= 15 is 0 Å². The Morgan fingerprint density at radius 3 is 2.48 bits per heavy atom. The molecule has 1 amide bonds. The van der Waals surface area contributed by atoms with Gasteiger partial charge in [0, 0.05) is 37.9 Å². The van der Waals surface area contributed by atoms with Gasteiger partial charge in [-0.25, -0.2) is 0 Å². The van der Waals surface area contributed by atoms with Crippen molar-refractivity contribution in [2.75, 3.05) is 32.1 Å². The molecule has 1 heterocycles. The second kappa shape index (κ2) is 11.2. The maximum atomic E-state index is 12.3. The molecular formula is C21H29Cl2N3O. The first-order chi connectivity index (χ1) is 12.1. The third kappa shape index (κ3) is 6.42. The van der Waals surface area contributed by atoms with Crippen molar-refractivity contribution in [1.29, 1.82) is 0 Å². The van der Waals surface area contributed by atoms with Crippen LogP contribution in [-0.2, 0) is 0 Å². The van der Waals surface area contributed by atoms with Gasteiger partial charge < -0.3 is 15.5 Å². The van der Waals surface area contributed by atoms with Gasteiger partial charge in [-0.15, -0.1) is 24.8 Å². The van der Waals surface area contributed by atoms with Crippen molar-refractivity contribution in [3.05, 3.63) is 54.1 Å². The minimum atomic E-state index is 0. The topological polar surface area (TPSA) is 44.4 Å². The van der Waals surface area contributed by atoms with Gasteiger partial charge in [-0.1, -0.05) is 24.3 Å². The van der Waals surface area contributed by atoms with Gasteiger partial charge in [0.1, 0.15) is 0 Å². The molecule has 0 spiro atoms. The first kappa shape index (κ1) is 23.3. The lowest BCUT2D eigenvalue weighted by atomic mass is 10.0. The van der Waals surface area contributed by atoms with Gasteiger partial charge in [0.2, 0.25) is 0 Å². The summed E-state index contributed by atoms with van der Waals surface area (Å²) >= 11 is 0. The quantitative estimate of drug-likeness (QED) is 0.753. The first-order valence-electron chi connectivity index (χ1n) is 9.03. The van der Waals surface area contributed by atoms with E-state index in [4.69, 9.17) is 0 Å². The molecule has 2 N–H and O–H groups in total. The molecule has 1 aliphatic heterocycles.